The van der Waals surface area contributed by atoms with Crippen LogP contribution in [0.5, 0.6) is 0 Å². The van der Waals surface area contributed by atoms with Crippen LogP contribution in [0.25, 0.3) is 22.3 Å². The van der Waals surface area contributed by atoms with Crippen molar-refractivity contribution in [3.63, 3.8) is 0 Å². The van der Waals surface area contributed by atoms with Crippen LogP contribution in [0.1, 0.15) is 27.8 Å². The van der Waals surface area contributed by atoms with E-state index in [1.165, 1.54) is 11.0 Å². The van der Waals surface area contributed by atoms with Crippen LogP contribution in [0.4, 0.5) is 34.6 Å². The van der Waals surface area contributed by atoms with Crippen LogP contribution in [0.3, 0.4) is 0 Å². The number of fused-ring (bicyclic) bond motifs is 1. The van der Waals surface area contributed by atoms with Gasteiger partial charge >= 0.3 is 12.2 Å². The summed E-state index contributed by atoms with van der Waals surface area (Å²) in [5.41, 5.74) is -2.14. The van der Waals surface area contributed by atoms with Gasteiger partial charge in [0.15, 0.2) is 0 Å². The van der Waals surface area contributed by atoms with Crippen molar-refractivity contribution in [2.24, 2.45) is 0 Å². The number of rotatable bonds is 5. The number of benzene rings is 5. The largest absolute Gasteiger partial charge is 0.390 e. The molecule has 0 spiro atoms. The monoisotopic (exact) mass is 586 g/mol. The Morgan fingerprint density at radius 2 is 0.864 bits per heavy atom. The predicted molar refractivity (Wildman–Crippen MR) is 155 cm³/mol. The van der Waals surface area contributed by atoms with Crippen LogP contribution in [0.2, 0.25) is 0 Å². The van der Waals surface area contributed by atoms with Gasteiger partial charge in [0.1, 0.15) is 18.2 Å². The lowest BCUT2D eigenvalue weighted by molar-refractivity contribution is -0.369. The molecule has 1 heterocycles. The summed E-state index contributed by atoms with van der Waals surface area (Å²) in [5, 5.41) is 29.8. The number of hydrogen-bond acceptors (Lipinski definition) is 5. The van der Waals surface area contributed by atoms with Gasteiger partial charge in [-0.3, -0.25) is 0 Å². The summed E-state index contributed by atoms with van der Waals surface area (Å²) in [4.78, 5) is 1.21. The van der Waals surface area contributed by atoms with Gasteiger partial charge in [0.2, 0.25) is 0 Å². The van der Waals surface area contributed by atoms with Crippen LogP contribution in [0.15, 0.2) is 109 Å². The van der Waals surface area contributed by atoms with Gasteiger partial charge in [0.05, 0.1) is 33.5 Å². The minimum Gasteiger partial charge on any atom is -0.308 e. The standard InChI is InChI=1S/C35H18F4N4O/c36-34(37)31-29(20-41)28(19-40)30(21-42)33(32(31)35(38,39)44-34)43(26-15-11-24(12-16-26)22-7-3-1-4-8-22)27-17-13-25(14-18-27)23-9-5-2-6-10-23/h1-18H. The average molecular weight is 587 g/mol. The minimum absolute atomic E-state index is 0.232. The Morgan fingerprint density at radius 3 is 1.27 bits per heavy atom. The van der Waals surface area contributed by atoms with Gasteiger partial charge in [0.25, 0.3) is 0 Å². The highest BCUT2D eigenvalue weighted by atomic mass is 19.3. The minimum atomic E-state index is -4.61. The molecule has 44 heavy (non-hydrogen) atoms. The lowest BCUT2D eigenvalue weighted by Crippen LogP contribution is -2.21. The Morgan fingerprint density at radius 1 is 0.477 bits per heavy atom. The maximum absolute atomic E-state index is 15.5. The molecule has 0 aromatic heterocycles. The molecule has 0 saturated carbocycles. The lowest BCUT2D eigenvalue weighted by atomic mass is 9.89. The first-order valence-electron chi connectivity index (χ1n) is 13.2. The molecule has 0 unspecified atom stereocenters. The number of halogens is 4. The zero-order chi connectivity index (χ0) is 31.1. The highest BCUT2D eigenvalue weighted by Gasteiger charge is 2.61. The van der Waals surface area contributed by atoms with Gasteiger partial charge in [-0.25, -0.2) is 4.74 Å². The van der Waals surface area contributed by atoms with E-state index in [2.05, 4.69) is 4.74 Å². The zero-order valence-corrected chi connectivity index (χ0v) is 22.6. The van der Waals surface area contributed by atoms with Crippen LogP contribution >= 0.6 is 0 Å². The topological polar surface area (TPSA) is 83.8 Å². The Kier molecular flexibility index (Phi) is 6.86. The van der Waals surface area contributed by atoms with E-state index in [9.17, 15) is 15.8 Å². The second kappa shape index (κ2) is 10.7. The normalized spacial score (nSPS) is 14.1. The summed E-state index contributed by atoms with van der Waals surface area (Å²) < 4.78 is 65.1. The molecule has 0 aliphatic carbocycles. The Bertz CT molecular complexity index is 1930. The predicted octanol–water partition coefficient (Wildman–Crippen LogP) is 9.23. The molecule has 0 saturated heterocycles. The van der Waals surface area contributed by atoms with Crippen molar-refractivity contribution >= 4 is 17.1 Å². The lowest BCUT2D eigenvalue weighted by Gasteiger charge is -2.30. The second-order valence-electron chi connectivity index (χ2n) is 9.86. The van der Waals surface area contributed by atoms with Crippen molar-refractivity contribution in [2.75, 3.05) is 4.90 Å². The fourth-order valence-corrected chi connectivity index (χ4v) is 5.40. The van der Waals surface area contributed by atoms with Crippen molar-refractivity contribution in [2.45, 2.75) is 12.2 Å². The molecule has 0 fully saturated rings. The van der Waals surface area contributed by atoms with E-state index < -0.39 is 45.7 Å². The molecule has 0 N–H and O–H groups in total. The number of nitriles is 3. The summed E-state index contributed by atoms with van der Waals surface area (Å²) in [6.07, 6.45) is -9.22. The van der Waals surface area contributed by atoms with Crippen LogP contribution < -0.4 is 4.90 Å². The van der Waals surface area contributed by atoms with Gasteiger partial charge in [-0.05, 0) is 46.5 Å². The first kappa shape index (κ1) is 28.2. The molecule has 0 atom stereocenters. The molecule has 5 nitrogen and oxygen atoms in total. The molecule has 5 aromatic carbocycles. The first-order chi connectivity index (χ1) is 21.2. The third kappa shape index (κ3) is 4.61. The van der Waals surface area contributed by atoms with Gasteiger partial charge in [-0.1, -0.05) is 84.9 Å². The molecule has 1 aliphatic heterocycles. The molecule has 1 aliphatic rings. The maximum Gasteiger partial charge on any atom is 0.390 e. The summed E-state index contributed by atoms with van der Waals surface area (Å²) in [6, 6.07) is 36.7. The molecule has 0 bridgehead atoms. The average Bonchev–Trinajstić information content (AvgIpc) is 3.25. The van der Waals surface area contributed by atoms with Crippen molar-refractivity contribution in [1.29, 1.82) is 15.8 Å². The van der Waals surface area contributed by atoms with Crippen molar-refractivity contribution < 1.29 is 22.3 Å². The van der Waals surface area contributed by atoms with E-state index in [1.807, 2.05) is 60.7 Å². The van der Waals surface area contributed by atoms with Crippen LogP contribution in [0, 0.1) is 34.0 Å². The number of nitrogens with zero attached hydrogens (tertiary/aromatic N) is 4. The Hall–Kier alpha value is -5.95. The number of anilines is 3. The highest BCUT2D eigenvalue weighted by Crippen LogP contribution is 2.58. The van der Waals surface area contributed by atoms with E-state index in [-0.39, 0.29) is 11.4 Å². The first-order valence-corrected chi connectivity index (χ1v) is 13.2. The molecule has 6 rings (SSSR count). The van der Waals surface area contributed by atoms with Crippen molar-refractivity contribution in [3.05, 3.63) is 137 Å². The third-order valence-electron chi connectivity index (χ3n) is 7.34. The Labute approximate surface area is 249 Å². The van der Waals surface area contributed by atoms with E-state index in [0.717, 1.165) is 22.3 Å². The molecule has 212 valence electrons. The van der Waals surface area contributed by atoms with Gasteiger partial charge < -0.3 is 4.90 Å². The molecule has 9 heteroatoms. The fourth-order valence-electron chi connectivity index (χ4n) is 5.40. The van der Waals surface area contributed by atoms with Crippen molar-refractivity contribution in [1.82, 2.24) is 0 Å². The van der Waals surface area contributed by atoms with Gasteiger partial charge in [0, 0.05) is 11.4 Å². The quantitative estimate of drug-likeness (QED) is 0.192. The smallest absolute Gasteiger partial charge is 0.308 e. The molecular formula is C35H18F4N4O. The summed E-state index contributed by atoms with van der Waals surface area (Å²) in [7, 11) is 0. The molecular weight excluding hydrogens is 568 g/mol. The van der Waals surface area contributed by atoms with E-state index in [1.54, 1.807) is 60.7 Å². The number of hydrogen-bond donors (Lipinski definition) is 0. The molecule has 5 aromatic rings. The number of ether oxygens (including phenoxy) is 1. The van der Waals surface area contributed by atoms with E-state index in [4.69, 9.17) is 0 Å². The SMILES string of the molecule is N#Cc1c(C#N)c(N(c2ccc(-c3ccccc3)cc2)c2ccc(-c3ccccc3)cc2)c2c(c1C#N)C(F)(F)OC2(F)F. The zero-order valence-electron chi connectivity index (χ0n) is 22.6. The summed E-state index contributed by atoms with van der Waals surface area (Å²) in [5.74, 6) is 0. The summed E-state index contributed by atoms with van der Waals surface area (Å²) >= 11 is 0. The van der Waals surface area contributed by atoms with Crippen molar-refractivity contribution in [3.8, 4) is 40.5 Å². The van der Waals surface area contributed by atoms with Gasteiger partial charge in [-0.2, -0.15) is 33.3 Å². The third-order valence-corrected chi connectivity index (χ3v) is 7.34. The van der Waals surface area contributed by atoms with E-state index in [0.29, 0.717) is 0 Å². The fraction of sp³-hybridized carbons (Fsp3) is 0.0571. The van der Waals surface area contributed by atoms with Crippen LogP contribution in [-0.2, 0) is 17.0 Å². The maximum atomic E-state index is 15.5. The van der Waals surface area contributed by atoms with Gasteiger partial charge in [-0.15, -0.1) is 0 Å². The molecule has 0 amide bonds. The summed E-state index contributed by atoms with van der Waals surface area (Å²) in [6.45, 7) is 0. The molecule has 0 radical (unpaired) electrons. The van der Waals surface area contributed by atoms with E-state index >= 15 is 17.6 Å². The Balaban J connectivity index is 1.66. The number of alkyl halides is 4. The second-order valence-corrected chi connectivity index (χ2v) is 9.86. The van der Waals surface area contributed by atoms with Crippen LogP contribution in [-0.4, -0.2) is 0 Å². The highest BCUT2D eigenvalue weighted by molar-refractivity contribution is 5.88.